The molecule has 0 amide bonds. The number of hydrogen-bond acceptors (Lipinski definition) is 4. The van der Waals surface area contributed by atoms with E-state index in [1.165, 1.54) is 6.92 Å². The van der Waals surface area contributed by atoms with Gasteiger partial charge in [-0.3, -0.25) is 0 Å². The lowest BCUT2D eigenvalue weighted by Gasteiger charge is -2.11. The summed E-state index contributed by atoms with van der Waals surface area (Å²) in [6, 6.07) is 0. The van der Waals surface area contributed by atoms with Crippen molar-refractivity contribution in [2.45, 2.75) is 26.9 Å². The first-order valence-electron chi connectivity index (χ1n) is 5.22. The van der Waals surface area contributed by atoms with E-state index in [0.717, 1.165) is 0 Å². The van der Waals surface area contributed by atoms with Gasteiger partial charge in [0.25, 0.3) is 0 Å². The number of rotatable bonds is 5. The summed E-state index contributed by atoms with van der Waals surface area (Å²) in [6.07, 6.45) is -4.03. The molecule has 0 atom stereocenters. The molecule has 0 heterocycles. The third kappa shape index (κ3) is 11.1. The van der Waals surface area contributed by atoms with Crippen molar-refractivity contribution in [1.29, 1.82) is 0 Å². The molecule has 0 aromatic heterocycles. The lowest BCUT2D eigenvalue weighted by Crippen LogP contribution is -2.27. The standard InChI is InChI=1S/C6H7F3O2.C6H10O2/c1-4(2)5(10)11-6(8,9)3-7;1-4-8-6(7)5(2)3/h1,3H2,2H3;2,4H2,1,3H3. The Labute approximate surface area is 109 Å². The average Bonchev–Trinajstić information content (AvgIpc) is 2.29. The summed E-state index contributed by atoms with van der Waals surface area (Å²) >= 11 is 0. The van der Waals surface area contributed by atoms with Gasteiger partial charge in [-0.05, 0) is 20.8 Å². The van der Waals surface area contributed by atoms with Gasteiger partial charge in [-0.15, -0.1) is 0 Å². The SMILES string of the molecule is C=C(C)C(=O)OC(F)(F)CF.C=C(C)C(=O)OCC. The molecule has 0 radical (unpaired) electrons. The van der Waals surface area contributed by atoms with Gasteiger partial charge in [0.1, 0.15) is 0 Å². The van der Waals surface area contributed by atoms with Crippen molar-refractivity contribution in [2.24, 2.45) is 0 Å². The van der Waals surface area contributed by atoms with Gasteiger partial charge in [0, 0.05) is 11.1 Å². The average molecular weight is 282 g/mol. The van der Waals surface area contributed by atoms with E-state index >= 15 is 0 Å². The van der Waals surface area contributed by atoms with Gasteiger partial charge in [0.2, 0.25) is 0 Å². The van der Waals surface area contributed by atoms with Crippen LogP contribution in [0.3, 0.4) is 0 Å². The zero-order valence-electron chi connectivity index (χ0n) is 11.1. The molecule has 0 rings (SSSR count). The van der Waals surface area contributed by atoms with Gasteiger partial charge in [-0.1, -0.05) is 13.2 Å². The molecule has 110 valence electrons. The third-order valence-corrected chi connectivity index (χ3v) is 1.37. The van der Waals surface area contributed by atoms with E-state index in [1.807, 2.05) is 0 Å². The Morgan fingerprint density at radius 3 is 1.74 bits per heavy atom. The van der Waals surface area contributed by atoms with Crippen molar-refractivity contribution in [1.82, 2.24) is 0 Å². The van der Waals surface area contributed by atoms with E-state index < -0.39 is 18.8 Å². The van der Waals surface area contributed by atoms with Crippen molar-refractivity contribution in [3.05, 3.63) is 24.3 Å². The largest absolute Gasteiger partial charge is 0.463 e. The second kappa shape index (κ2) is 9.18. The van der Waals surface area contributed by atoms with Crippen LogP contribution < -0.4 is 0 Å². The van der Waals surface area contributed by atoms with E-state index in [4.69, 9.17) is 0 Å². The molecule has 4 nitrogen and oxygen atoms in total. The van der Waals surface area contributed by atoms with E-state index in [9.17, 15) is 22.8 Å². The minimum atomic E-state index is -4.03. The normalized spacial score (nSPS) is 9.79. The number of halogens is 3. The topological polar surface area (TPSA) is 52.6 Å². The summed E-state index contributed by atoms with van der Waals surface area (Å²) in [4.78, 5) is 20.8. The molecule has 0 spiro atoms. The molecule has 7 heteroatoms. The van der Waals surface area contributed by atoms with Gasteiger partial charge < -0.3 is 9.47 Å². The van der Waals surface area contributed by atoms with Crippen molar-refractivity contribution >= 4 is 11.9 Å². The summed E-state index contributed by atoms with van der Waals surface area (Å²) in [5, 5.41) is 0. The van der Waals surface area contributed by atoms with Crippen molar-refractivity contribution < 1.29 is 32.2 Å². The highest BCUT2D eigenvalue weighted by atomic mass is 19.3. The molecular formula is C12H17F3O4. The van der Waals surface area contributed by atoms with Gasteiger partial charge in [-0.25, -0.2) is 14.0 Å². The summed E-state index contributed by atoms with van der Waals surface area (Å²) in [5.41, 5.74) is 0.255. The Morgan fingerprint density at radius 2 is 1.53 bits per heavy atom. The Balaban J connectivity index is 0. The number of alkyl halides is 3. The van der Waals surface area contributed by atoms with Crippen LogP contribution in [0.2, 0.25) is 0 Å². The highest BCUT2D eigenvalue weighted by Gasteiger charge is 2.34. The van der Waals surface area contributed by atoms with Crippen LogP contribution in [0.4, 0.5) is 13.2 Å². The highest BCUT2D eigenvalue weighted by molar-refractivity contribution is 5.87. The fourth-order valence-electron chi connectivity index (χ4n) is 0.504. The maximum absolute atomic E-state index is 11.9. The Hall–Kier alpha value is -1.79. The molecule has 0 aliphatic carbocycles. The number of carbonyl (C=O) groups is 2. The summed E-state index contributed by atoms with van der Waals surface area (Å²) in [5.74, 6) is -1.61. The monoisotopic (exact) mass is 282 g/mol. The molecule has 0 aromatic rings. The molecule has 0 aliphatic rings. The van der Waals surface area contributed by atoms with E-state index in [2.05, 4.69) is 22.6 Å². The van der Waals surface area contributed by atoms with E-state index in [0.29, 0.717) is 12.2 Å². The molecule has 0 saturated heterocycles. The maximum atomic E-state index is 11.9. The number of ether oxygens (including phenoxy) is 2. The summed E-state index contributed by atoms with van der Waals surface area (Å²) in [6.45, 7) is 9.42. The third-order valence-electron chi connectivity index (χ3n) is 1.37. The van der Waals surface area contributed by atoms with Crippen LogP contribution in [-0.4, -0.2) is 31.3 Å². The van der Waals surface area contributed by atoms with Crippen molar-refractivity contribution in [3.8, 4) is 0 Å². The minimum absolute atomic E-state index is 0.196. The molecule has 0 fully saturated rings. The molecule has 0 saturated carbocycles. The highest BCUT2D eigenvalue weighted by Crippen LogP contribution is 2.16. The first-order chi connectivity index (χ1) is 8.57. The van der Waals surface area contributed by atoms with Crippen molar-refractivity contribution in [3.63, 3.8) is 0 Å². The predicted octanol–water partition coefficient (Wildman–Crippen LogP) is 2.79. The van der Waals surface area contributed by atoms with Gasteiger partial charge in [-0.2, -0.15) is 8.78 Å². The van der Waals surface area contributed by atoms with Gasteiger partial charge in [0.05, 0.1) is 6.61 Å². The smallest absolute Gasteiger partial charge is 0.429 e. The summed E-state index contributed by atoms with van der Waals surface area (Å²) in [7, 11) is 0. The lowest BCUT2D eigenvalue weighted by molar-refractivity contribution is -0.235. The number of esters is 2. The fourth-order valence-corrected chi connectivity index (χ4v) is 0.504. The van der Waals surface area contributed by atoms with Crippen LogP contribution in [0, 0.1) is 0 Å². The fraction of sp³-hybridized carbons (Fsp3) is 0.500. The second-order valence-corrected chi connectivity index (χ2v) is 3.44. The Morgan fingerprint density at radius 1 is 1.11 bits per heavy atom. The predicted molar refractivity (Wildman–Crippen MR) is 63.3 cm³/mol. The Bertz CT molecular complexity index is 351. The van der Waals surface area contributed by atoms with Crippen LogP contribution in [0.25, 0.3) is 0 Å². The van der Waals surface area contributed by atoms with Gasteiger partial charge in [0.15, 0.2) is 6.67 Å². The zero-order chi connectivity index (χ0) is 15.6. The maximum Gasteiger partial charge on any atom is 0.429 e. The molecule has 0 bridgehead atoms. The van der Waals surface area contributed by atoms with Crippen LogP contribution in [0.1, 0.15) is 20.8 Å². The second-order valence-electron chi connectivity index (χ2n) is 3.44. The number of hydrogen-bond donors (Lipinski definition) is 0. The minimum Gasteiger partial charge on any atom is -0.463 e. The number of carbonyl (C=O) groups excluding carboxylic acids is 2. The van der Waals surface area contributed by atoms with E-state index in [1.54, 1.807) is 13.8 Å². The molecular weight excluding hydrogens is 265 g/mol. The van der Waals surface area contributed by atoms with Crippen molar-refractivity contribution in [2.75, 3.05) is 13.3 Å². The molecule has 0 N–H and O–H groups in total. The van der Waals surface area contributed by atoms with Crippen LogP contribution in [0.15, 0.2) is 24.3 Å². The lowest BCUT2D eigenvalue weighted by atomic mass is 10.4. The molecule has 19 heavy (non-hydrogen) atoms. The first-order valence-corrected chi connectivity index (χ1v) is 5.22. The van der Waals surface area contributed by atoms with Crippen LogP contribution in [-0.2, 0) is 19.1 Å². The quantitative estimate of drug-likeness (QED) is 0.574. The van der Waals surface area contributed by atoms with Crippen LogP contribution >= 0.6 is 0 Å². The Kier molecular flexibility index (Phi) is 9.45. The molecule has 0 unspecified atom stereocenters. The summed E-state index contributed by atoms with van der Waals surface area (Å²) < 4.78 is 43.1. The molecule has 0 aromatic carbocycles. The zero-order valence-corrected chi connectivity index (χ0v) is 11.1. The van der Waals surface area contributed by atoms with E-state index in [-0.39, 0.29) is 11.5 Å². The molecule has 0 aliphatic heterocycles. The van der Waals surface area contributed by atoms with Crippen LogP contribution in [0.5, 0.6) is 0 Å². The van der Waals surface area contributed by atoms with Gasteiger partial charge >= 0.3 is 18.0 Å². The first kappa shape index (κ1) is 19.5.